The van der Waals surface area contributed by atoms with Crippen LogP contribution in [0, 0.1) is 11.8 Å². The van der Waals surface area contributed by atoms with Crippen molar-refractivity contribution in [3.8, 4) is 11.1 Å². The van der Waals surface area contributed by atoms with Gasteiger partial charge in [0.25, 0.3) is 0 Å². The first-order valence-electron chi connectivity index (χ1n) is 11.3. The molecule has 1 fully saturated rings. The fourth-order valence-electron chi connectivity index (χ4n) is 4.97. The Bertz CT molecular complexity index is 1100. The van der Waals surface area contributed by atoms with Crippen LogP contribution in [0.5, 0.6) is 0 Å². The fraction of sp³-hybridized carbons (Fsp3) is 0.346. The maximum Gasteiger partial charge on any atom is 0.407 e. The number of carbonyl (C=O) groups is 3. The van der Waals surface area contributed by atoms with E-state index in [9.17, 15) is 14.4 Å². The molecule has 7 heteroatoms. The number of fused-ring (bicyclic) bond motifs is 3. The van der Waals surface area contributed by atoms with Gasteiger partial charge in [-0.3, -0.25) is 4.79 Å². The van der Waals surface area contributed by atoms with E-state index in [0.717, 1.165) is 11.1 Å². The number of carboxylic acid groups (broad SMARTS) is 1. The molecule has 3 aliphatic carbocycles. The Labute approximate surface area is 191 Å². The van der Waals surface area contributed by atoms with Crippen LogP contribution >= 0.6 is 0 Å². The van der Waals surface area contributed by atoms with E-state index in [-0.39, 0.29) is 36.3 Å². The van der Waals surface area contributed by atoms with Crippen molar-refractivity contribution in [3.05, 3.63) is 71.3 Å². The third-order valence-corrected chi connectivity index (χ3v) is 6.85. The van der Waals surface area contributed by atoms with Gasteiger partial charge >= 0.3 is 12.1 Å². The Balaban J connectivity index is 1.07. The van der Waals surface area contributed by atoms with E-state index in [1.807, 2.05) is 24.3 Å². The summed E-state index contributed by atoms with van der Waals surface area (Å²) in [7, 11) is 0. The highest BCUT2D eigenvalue weighted by Crippen LogP contribution is 2.44. The monoisotopic (exact) mass is 446 g/mol. The van der Waals surface area contributed by atoms with Crippen molar-refractivity contribution >= 4 is 18.0 Å². The summed E-state index contributed by atoms with van der Waals surface area (Å²) in [4.78, 5) is 35.7. The largest absolute Gasteiger partial charge is 0.478 e. The van der Waals surface area contributed by atoms with E-state index in [4.69, 9.17) is 9.84 Å². The van der Waals surface area contributed by atoms with E-state index >= 15 is 0 Å². The van der Waals surface area contributed by atoms with Crippen LogP contribution in [0.4, 0.5) is 4.79 Å². The molecule has 0 saturated heterocycles. The molecule has 0 heterocycles. The van der Waals surface area contributed by atoms with Crippen LogP contribution in [0.25, 0.3) is 11.1 Å². The highest BCUT2D eigenvalue weighted by Gasteiger charge is 2.43. The number of nitrogens with one attached hydrogen (secondary N) is 2. The van der Waals surface area contributed by atoms with Crippen LogP contribution in [0.2, 0.25) is 0 Å². The van der Waals surface area contributed by atoms with Crippen molar-refractivity contribution in [3.63, 3.8) is 0 Å². The first-order chi connectivity index (χ1) is 16.0. The zero-order valence-corrected chi connectivity index (χ0v) is 18.1. The number of hydrogen-bond acceptors (Lipinski definition) is 4. The summed E-state index contributed by atoms with van der Waals surface area (Å²) >= 11 is 0. The van der Waals surface area contributed by atoms with E-state index < -0.39 is 12.1 Å². The Kier molecular flexibility index (Phi) is 5.62. The second-order valence-corrected chi connectivity index (χ2v) is 8.99. The van der Waals surface area contributed by atoms with Gasteiger partial charge in [0.2, 0.25) is 5.91 Å². The summed E-state index contributed by atoms with van der Waals surface area (Å²) in [5.41, 5.74) is 5.05. The number of benzene rings is 2. The number of ether oxygens (including phenoxy) is 1. The van der Waals surface area contributed by atoms with E-state index in [0.29, 0.717) is 31.4 Å². The van der Waals surface area contributed by atoms with Crippen LogP contribution in [0.1, 0.15) is 36.3 Å². The van der Waals surface area contributed by atoms with E-state index in [2.05, 4.69) is 34.9 Å². The van der Waals surface area contributed by atoms with Crippen LogP contribution in [0.3, 0.4) is 0 Å². The summed E-state index contributed by atoms with van der Waals surface area (Å²) in [6, 6.07) is 16.2. The van der Waals surface area contributed by atoms with Gasteiger partial charge in [-0.15, -0.1) is 0 Å². The lowest BCUT2D eigenvalue weighted by Crippen LogP contribution is -2.35. The molecule has 0 bridgehead atoms. The van der Waals surface area contributed by atoms with Crippen molar-refractivity contribution in [2.75, 3.05) is 13.2 Å². The van der Waals surface area contributed by atoms with Gasteiger partial charge in [-0.2, -0.15) is 0 Å². The molecule has 7 nitrogen and oxygen atoms in total. The van der Waals surface area contributed by atoms with Gasteiger partial charge < -0.3 is 20.5 Å². The number of rotatable bonds is 7. The number of aliphatic carboxylic acids is 1. The summed E-state index contributed by atoms with van der Waals surface area (Å²) in [6.07, 6.45) is 2.80. The molecule has 33 heavy (non-hydrogen) atoms. The van der Waals surface area contributed by atoms with Crippen molar-refractivity contribution in [2.45, 2.75) is 31.2 Å². The summed E-state index contributed by atoms with van der Waals surface area (Å²) in [5, 5.41) is 14.7. The Hall–Kier alpha value is -3.61. The molecule has 170 valence electrons. The molecule has 5 rings (SSSR count). The maximum atomic E-state index is 12.4. The third-order valence-electron chi connectivity index (χ3n) is 6.85. The van der Waals surface area contributed by atoms with Crippen LogP contribution in [0.15, 0.2) is 60.2 Å². The minimum Gasteiger partial charge on any atom is -0.478 e. The SMILES string of the molecule is O=C(NCC1CC1C(=O)NC1CC=C(C(=O)O)C1)OCC1c2ccccc2-c2ccccc21. The van der Waals surface area contributed by atoms with Crippen molar-refractivity contribution in [2.24, 2.45) is 11.8 Å². The number of carbonyl (C=O) groups excluding carboxylic acids is 2. The lowest BCUT2D eigenvalue weighted by Gasteiger charge is -2.15. The zero-order chi connectivity index (χ0) is 22.9. The first kappa shape index (κ1) is 21.2. The topological polar surface area (TPSA) is 105 Å². The average Bonchev–Trinajstić information content (AvgIpc) is 3.33. The molecule has 0 spiro atoms. The van der Waals surface area contributed by atoms with E-state index in [1.54, 1.807) is 6.08 Å². The Morgan fingerprint density at radius 2 is 1.67 bits per heavy atom. The van der Waals surface area contributed by atoms with Gasteiger partial charge in [-0.1, -0.05) is 54.6 Å². The average molecular weight is 447 g/mol. The molecule has 2 amide bonds. The fourth-order valence-corrected chi connectivity index (χ4v) is 4.97. The van der Waals surface area contributed by atoms with Gasteiger partial charge in [0.15, 0.2) is 0 Å². The van der Waals surface area contributed by atoms with Crippen LogP contribution < -0.4 is 10.6 Å². The van der Waals surface area contributed by atoms with Crippen LogP contribution in [-0.2, 0) is 14.3 Å². The van der Waals surface area contributed by atoms with Crippen molar-refractivity contribution in [1.82, 2.24) is 10.6 Å². The molecule has 0 aliphatic heterocycles. The van der Waals surface area contributed by atoms with Crippen molar-refractivity contribution in [1.29, 1.82) is 0 Å². The standard InChI is InChI=1S/C26H26N2O5/c29-24(28-17-10-9-15(11-17)25(30)31)22-12-16(22)13-27-26(32)33-14-23-20-7-3-1-5-18(20)19-6-2-4-8-21(19)23/h1-9,16-17,22-23H,10-14H2,(H,27,32)(H,28,29)(H,30,31). The van der Waals surface area contributed by atoms with Crippen molar-refractivity contribution < 1.29 is 24.2 Å². The predicted octanol–water partition coefficient (Wildman–Crippen LogP) is 3.45. The number of alkyl carbamates (subject to hydrolysis) is 1. The normalized spacial score (nSPS) is 22.7. The molecular weight excluding hydrogens is 420 g/mol. The summed E-state index contributed by atoms with van der Waals surface area (Å²) < 4.78 is 5.54. The minimum atomic E-state index is -0.927. The Morgan fingerprint density at radius 3 is 2.30 bits per heavy atom. The van der Waals surface area contributed by atoms with E-state index in [1.165, 1.54) is 11.1 Å². The molecule has 0 radical (unpaired) electrons. The third kappa shape index (κ3) is 4.35. The lowest BCUT2D eigenvalue weighted by atomic mass is 9.98. The number of hydrogen-bond donors (Lipinski definition) is 3. The number of carboxylic acids is 1. The number of amides is 2. The summed E-state index contributed by atoms with van der Waals surface area (Å²) in [5.74, 6) is -1.05. The van der Waals surface area contributed by atoms with Gasteiger partial charge in [0.1, 0.15) is 6.61 Å². The van der Waals surface area contributed by atoms with Gasteiger partial charge in [0.05, 0.1) is 0 Å². The molecule has 1 saturated carbocycles. The first-order valence-corrected chi connectivity index (χ1v) is 11.3. The Morgan fingerprint density at radius 1 is 1.00 bits per heavy atom. The van der Waals surface area contributed by atoms with Gasteiger partial charge in [0, 0.05) is 30.0 Å². The molecule has 2 aromatic carbocycles. The molecule has 0 aromatic heterocycles. The molecule has 3 unspecified atom stereocenters. The van der Waals surface area contributed by atoms with Crippen LogP contribution in [-0.4, -0.2) is 42.3 Å². The maximum absolute atomic E-state index is 12.4. The lowest BCUT2D eigenvalue weighted by molar-refractivity contribution is -0.133. The summed E-state index contributed by atoms with van der Waals surface area (Å²) in [6.45, 7) is 0.646. The second-order valence-electron chi connectivity index (χ2n) is 8.99. The molecule has 3 atom stereocenters. The van der Waals surface area contributed by atoms with Gasteiger partial charge in [-0.05, 0) is 47.4 Å². The smallest absolute Gasteiger partial charge is 0.407 e. The highest BCUT2D eigenvalue weighted by molar-refractivity contribution is 5.88. The molecule has 2 aromatic rings. The zero-order valence-electron chi connectivity index (χ0n) is 18.1. The quantitative estimate of drug-likeness (QED) is 0.604. The van der Waals surface area contributed by atoms with Gasteiger partial charge in [-0.25, -0.2) is 9.59 Å². The molecular formula is C26H26N2O5. The molecule has 3 N–H and O–H groups in total. The highest BCUT2D eigenvalue weighted by atomic mass is 16.5. The minimum absolute atomic E-state index is 0.0123. The predicted molar refractivity (Wildman–Crippen MR) is 122 cm³/mol. The second kappa shape index (κ2) is 8.73. The molecule has 3 aliphatic rings.